The van der Waals surface area contributed by atoms with Crippen molar-refractivity contribution in [2.75, 3.05) is 0 Å². The maximum absolute atomic E-state index is 11.7. The van der Waals surface area contributed by atoms with Gasteiger partial charge < -0.3 is 14.0 Å². The summed E-state index contributed by atoms with van der Waals surface area (Å²) in [6.45, 7) is 0. The standard InChI is InChI=1S/C34H18N8O2.C13H8N6.C13H7N3.C12H8N2O.C12H8N2.C8H4Cl2O2.5CH4/c1-4-23(31-39-41-33(43-31)25-14-12-21-10-8-19-6-2-16-35-27(19)29(21)37-25)18-24(5-1)32-40-42-34(44-32)26-15-13-22-11-9-20-7-3-17-36-28(20)30(22)38-26;1-2-8-3-4-9-5-6-10(13-16-18-19-17-13)15-12(9)11(8)14-7-1;14-8-11-6-5-10-4-3-9-2-1-7-15-12(9)13(10)16-11;15-14-8-2-4-10-6-5-9-3-1-7-13-11(9)12(10)14;1-3-9-5-6-10-4-2-8-14-12(10)11(9)13-7-1;9-7(11)5-2-1-3-6(4-5)8(10)12;;;;;/h1-18H;1-7H,(H,16,17,18,19);1-7H;1-8H;1-8H;1-4H;5*1H4. The molecule has 0 amide bonds. The van der Waals surface area contributed by atoms with Gasteiger partial charge in [0.05, 0.1) is 60.6 Å². The van der Waals surface area contributed by atoms with Gasteiger partial charge in [-0.3, -0.25) is 39.5 Å². The zero-order valence-corrected chi connectivity index (χ0v) is 63.8. The monoisotopic (exact) mass is 1680 g/mol. The van der Waals surface area contributed by atoms with Crippen LogP contribution < -0.4 is 4.73 Å². The lowest BCUT2D eigenvalue weighted by molar-refractivity contribution is -0.576. The zero-order valence-electron chi connectivity index (χ0n) is 62.3. The number of halogens is 2. The van der Waals surface area contributed by atoms with Crippen LogP contribution in [0.3, 0.4) is 0 Å². The van der Waals surface area contributed by atoms with Crippen LogP contribution in [-0.4, -0.2) is 106 Å². The first-order valence-electron chi connectivity index (χ1n) is 36.9. The van der Waals surface area contributed by atoms with E-state index >= 15 is 0 Å². The molecule has 0 aliphatic heterocycles. The highest BCUT2D eigenvalue weighted by Gasteiger charge is 2.19. The third kappa shape index (κ3) is 18.2. The summed E-state index contributed by atoms with van der Waals surface area (Å²) < 4.78 is 13.0. The molecule has 1 N–H and O–H groups in total. The lowest BCUT2D eigenvalue weighted by Crippen LogP contribution is -2.26. The van der Waals surface area contributed by atoms with E-state index in [1.54, 1.807) is 61.6 Å². The predicted molar refractivity (Wildman–Crippen MR) is 493 cm³/mol. The second-order valence-electron chi connectivity index (χ2n) is 26.6. The maximum atomic E-state index is 11.7. The summed E-state index contributed by atoms with van der Waals surface area (Å²) in [6, 6.07) is 86.0. The molecular weight excluding hydrogens is 1610 g/mol. The quantitative estimate of drug-likeness (QED) is 0.0670. The molecule has 28 heteroatoms. The lowest BCUT2D eigenvalue weighted by Gasteiger charge is -2.03. The Morgan fingerprint density at radius 3 is 1.02 bits per heavy atom. The van der Waals surface area contributed by atoms with Crippen LogP contribution in [0.25, 0.3) is 188 Å². The number of fused-ring (bicyclic) bond motifs is 18. The number of H-pyrrole nitrogens is 1. The van der Waals surface area contributed by atoms with Crippen LogP contribution in [0.2, 0.25) is 0 Å². The number of nitrogens with zero attached hydrogens (tertiary/aromatic N) is 20. The van der Waals surface area contributed by atoms with Crippen LogP contribution >= 0.6 is 23.2 Å². The second-order valence-corrected chi connectivity index (χ2v) is 27.3. The van der Waals surface area contributed by atoms with E-state index in [0.29, 0.717) is 68.8 Å². The van der Waals surface area contributed by atoms with Crippen LogP contribution in [0.1, 0.15) is 63.5 Å². The number of hydrogen-bond donors (Lipinski definition) is 1. The minimum absolute atomic E-state index is 0. The van der Waals surface area contributed by atoms with Gasteiger partial charge in [-0.05, 0) is 138 Å². The number of carbonyl (C=O) groups excluding carboxylic acids is 2. The summed E-state index contributed by atoms with van der Waals surface area (Å²) in [6.07, 6.45) is 13.8. The van der Waals surface area contributed by atoms with Crippen molar-refractivity contribution < 1.29 is 23.2 Å². The average molecular weight is 1680 g/mol. The fourth-order valence-corrected chi connectivity index (χ4v) is 13.8. The number of aromatic amines is 1. The van der Waals surface area contributed by atoms with Crippen LogP contribution in [0.5, 0.6) is 0 Å². The van der Waals surface area contributed by atoms with Gasteiger partial charge in [0.25, 0.3) is 22.3 Å². The molecule has 8 aromatic carbocycles. The van der Waals surface area contributed by atoms with E-state index in [-0.39, 0.29) is 48.3 Å². The molecule has 0 bridgehead atoms. The van der Waals surface area contributed by atoms with Crippen LogP contribution in [0.15, 0.2) is 325 Å². The van der Waals surface area contributed by atoms with Crippen LogP contribution in [-0.2, 0) is 0 Å². The molecule has 15 aromatic heterocycles. The molecule has 0 aliphatic rings. The number of nitrogens with one attached hydrogen (secondary N) is 1. The summed E-state index contributed by atoms with van der Waals surface area (Å²) in [4.78, 5) is 70.5. The number of carbonyl (C=O) groups is 2. The Morgan fingerprint density at radius 2 is 0.640 bits per heavy atom. The van der Waals surface area contributed by atoms with Crippen LogP contribution in [0.4, 0.5) is 0 Å². The third-order valence-electron chi connectivity index (χ3n) is 19.2. The molecule has 0 saturated carbocycles. The highest BCUT2D eigenvalue weighted by atomic mass is 35.5. The molecule has 15 heterocycles. The maximum Gasteiger partial charge on any atom is 0.266 e. The number of pyridine rings is 12. The Hall–Kier alpha value is -16.8. The molecule has 0 unspecified atom stereocenters. The molecule has 0 atom stereocenters. The summed E-state index contributed by atoms with van der Waals surface area (Å²) in [7, 11) is 0. The van der Waals surface area contributed by atoms with E-state index in [9.17, 15) is 14.8 Å². The van der Waals surface area contributed by atoms with Gasteiger partial charge in [0.1, 0.15) is 34.4 Å². The van der Waals surface area contributed by atoms with E-state index < -0.39 is 10.5 Å². The smallest absolute Gasteiger partial charge is 0.266 e. The van der Waals surface area contributed by atoms with Gasteiger partial charge in [-0.25, -0.2) is 24.9 Å². The number of nitriles is 1. The molecule has 23 aromatic rings. The van der Waals surface area contributed by atoms with Crippen molar-refractivity contribution in [3.63, 3.8) is 0 Å². The Balaban J connectivity index is 0.000000139. The normalized spacial score (nSPS) is 10.6. The Bertz CT molecular complexity index is 7680. The summed E-state index contributed by atoms with van der Waals surface area (Å²) in [5.41, 5.74) is 14.1. The second kappa shape index (κ2) is 38.5. The van der Waals surface area contributed by atoms with Crippen molar-refractivity contribution in [1.82, 2.24) is 95.8 Å². The van der Waals surface area contributed by atoms with Crippen molar-refractivity contribution >= 4 is 165 Å². The van der Waals surface area contributed by atoms with Crippen LogP contribution in [0, 0.1) is 16.5 Å². The molecular formula is C97H73Cl2N21O5. The highest BCUT2D eigenvalue weighted by Crippen LogP contribution is 2.34. The molecule has 23 rings (SSSR count). The molecule has 125 heavy (non-hydrogen) atoms. The van der Waals surface area contributed by atoms with Gasteiger partial charge in [-0.1, -0.05) is 189 Å². The predicted octanol–water partition coefficient (Wildman–Crippen LogP) is 22.4. The molecule has 0 aliphatic carbocycles. The highest BCUT2D eigenvalue weighted by molar-refractivity contribution is 6.69. The molecule has 0 fully saturated rings. The Kier molecular flexibility index (Phi) is 26.5. The van der Waals surface area contributed by atoms with Gasteiger partial charge in [0.15, 0.2) is 6.20 Å². The first-order chi connectivity index (χ1) is 59.0. The van der Waals surface area contributed by atoms with Crippen molar-refractivity contribution in [3.05, 3.63) is 339 Å². The summed E-state index contributed by atoms with van der Waals surface area (Å²) in [5.74, 6) is 1.79. The third-order valence-corrected chi connectivity index (χ3v) is 19.7. The summed E-state index contributed by atoms with van der Waals surface area (Å²) >= 11 is 10.4. The van der Waals surface area contributed by atoms with E-state index in [2.05, 4.69) is 110 Å². The topological polar surface area (TPSA) is 359 Å². The minimum Gasteiger partial charge on any atom is -0.618 e. The largest absolute Gasteiger partial charge is 0.618 e. The van der Waals surface area contributed by atoms with Gasteiger partial charge in [-0.2, -0.15) is 15.2 Å². The first kappa shape index (κ1) is 86.1. The van der Waals surface area contributed by atoms with Crippen molar-refractivity contribution in [1.29, 1.82) is 5.26 Å². The molecule has 610 valence electrons. The van der Waals surface area contributed by atoms with E-state index in [4.69, 9.17) is 47.3 Å². The molecule has 0 spiro atoms. The Morgan fingerprint density at radius 1 is 0.328 bits per heavy atom. The lowest BCUT2D eigenvalue weighted by atomic mass is 10.1. The van der Waals surface area contributed by atoms with Crippen molar-refractivity contribution in [2.24, 2.45) is 0 Å². The van der Waals surface area contributed by atoms with Crippen molar-refractivity contribution in [3.8, 4) is 63.7 Å². The van der Waals surface area contributed by atoms with E-state index in [0.717, 1.165) is 130 Å². The van der Waals surface area contributed by atoms with Crippen molar-refractivity contribution in [2.45, 2.75) is 37.1 Å². The van der Waals surface area contributed by atoms with Gasteiger partial charge in [0.2, 0.25) is 23.1 Å². The molecule has 0 radical (unpaired) electrons. The minimum atomic E-state index is -0.602. The number of benzene rings is 8. The van der Waals surface area contributed by atoms with Gasteiger partial charge in [0, 0.05) is 131 Å². The Labute approximate surface area is 723 Å². The summed E-state index contributed by atoms with van der Waals surface area (Å²) in [5, 5.41) is 62.6. The van der Waals surface area contributed by atoms with E-state index in [1.165, 1.54) is 24.4 Å². The van der Waals surface area contributed by atoms with Gasteiger partial charge >= 0.3 is 0 Å². The van der Waals surface area contributed by atoms with Gasteiger partial charge in [-0.15, -0.1) is 30.6 Å². The first-order valence-corrected chi connectivity index (χ1v) is 37.7. The fraction of sp³-hybridized carbons (Fsp3) is 0.0515. The zero-order chi connectivity index (χ0) is 81.4. The number of tetrazole rings is 1. The molecule has 0 saturated heterocycles. The SMILES string of the molecule is C.C.C.C.C.N#Cc1ccc2ccc3cccnc3c2n1.O=C(Cl)c1cccc(C(=O)Cl)c1.[O-][n+]1cccc2ccc3cccnc3c21.c1cc(-c2nnc(-c3ccc4ccc5cccnc5c4n3)o2)cc(-c2nnc(-c3ccc4ccc5cccnc5c4n3)o2)c1.c1cnc2c(c1)ccc1ccc(-c3nn[nH]n3)nc12.c1cnc2c(c1)ccc1cccnc12. The fourth-order valence-electron chi connectivity index (χ4n) is 13.5. The van der Waals surface area contributed by atoms with E-state index in [1.807, 2.05) is 212 Å². The average Bonchev–Trinajstić information content (AvgIpc) is 1.73. The molecule has 26 nitrogen and oxygen atoms in total. The number of aromatic nitrogens is 20. The number of rotatable bonds is 7. The number of hydrogen-bond acceptors (Lipinski definition) is 24.